The lowest BCUT2D eigenvalue weighted by Gasteiger charge is -2.31. The van der Waals surface area contributed by atoms with Crippen LogP contribution in [-0.4, -0.2) is 86.3 Å². The molecule has 0 bridgehead atoms. The third kappa shape index (κ3) is 12.6. The van der Waals surface area contributed by atoms with E-state index in [2.05, 4.69) is 10.6 Å². The SMILES string of the molecule is C[C@H](N)C(=O)PN(PC(=O)[C@H](C)N)[C@@H](CCP(C)(=O)O)C(=O)N[C@@H](C)C(=O)N[C@@H](C)C(=O)O. The molecule has 0 saturated heterocycles. The number of rotatable bonds is 15. The molecule has 0 heterocycles. The minimum Gasteiger partial charge on any atom is -0.480 e. The molecule has 33 heavy (non-hydrogen) atoms. The molecule has 8 atom stereocenters. The van der Waals surface area contributed by atoms with Gasteiger partial charge >= 0.3 is 5.97 Å². The first-order valence-electron chi connectivity index (χ1n) is 10.0. The van der Waals surface area contributed by atoms with E-state index in [0.29, 0.717) is 0 Å². The van der Waals surface area contributed by atoms with Crippen molar-refractivity contribution >= 4 is 53.7 Å². The van der Waals surface area contributed by atoms with Crippen LogP contribution in [0.2, 0.25) is 0 Å². The number of nitrogens with two attached hydrogens (primary N) is 2. The van der Waals surface area contributed by atoms with E-state index >= 15 is 0 Å². The van der Waals surface area contributed by atoms with Crippen LogP contribution in [0.15, 0.2) is 0 Å². The molecule has 0 aromatic heterocycles. The Morgan fingerprint density at radius 2 is 1.33 bits per heavy atom. The number of amides is 2. The van der Waals surface area contributed by atoms with Crippen molar-refractivity contribution in [1.29, 1.82) is 0 Å². The van der Waals surface area contributed by atoms with E-state index in [1.165, 1.54) is 32.1 Å². The molecular formula is C17H34N5O8P3. The van der Waals surface area contributed by atoms with Gasteiger partial charge in [0.15, 0.2) is 18.4 Å². The van der Waals surface area contributed by atoms with Gasteiger partial charge < -0.3 is 32.1 Å². The number of carboxylic acids is 1. The summed E-state index contributed by atoms with van der Waals surface area (Å²) in [5.74, 6) is -2.81. The van der Waals surface area contributed by atoms with Gasteiger partial charge in [-0.3, -0.25) is 28.5 Å². The fourth-order valence-corrected chi connectivity index (χ4v) is 5.43. The second kappa shape index (κ2) is 14.2. The van der Waals surface area contributed by atoms with E-state index in [9.17, 15) is 33.4 Å². The van der Waals surface area contributed by atoms with Gasteiger partial charge in [-0.05, 0) is 34.1 Å². The first-order chi connectivity index (χ1) is 15.0. The molecule has 0 radical (unpaired) electrons. The molecule has 13 nitrogen and oxygen atoms in total. The summed E-state index contributed by atoms with van der Waals surface area (Å²) >= 11 is 0. The summed E-state index contributed by atoms with van der Waals surface area (Å²) in [5, 5.41) is 13.5. The first-order valence-corrected chi connectivity index (χ1v) is 14.2. The summed E-state index contributed by atoms with van der Waals surface area (Å²) in [7, 11) is -4.94. The minimum atomic E-state index is -3.55. The highest BCUT2D eigenvalue weighted by Crippen LogP contribution is 2.42. The predicted octanol–water partition coefficient (Wildman–Crippen LogP) is -1.02. The number of carboxylic acid groups (broad SMARTS) is 1. The largest absolute Gasteiger partial charge is 0.480 e. The number of nitrogens with one attached hydrogen (secondary N) is 2. The summed E-state index contributed by atoms with van der Waals surface area (Å²) < 4.78 is 13.1. The Kier molecular flexibility index (Phi) is 13.6. The quantitative estimate of drug-likeness (QED) is 0.141. The lowest BCUT2D eigenvalue weighted by Crippen LogP contribution is -2.53. The third-order valence-electron chi connectivity index (χ3n) is 4.20. The molecule has 0 spiro atoms. The molecule has 0 aliphatic heterocycles. The van der Waals surface area contributed by atoms with Crippen LogP contribution in [0.25, 0.3) is 0 Å². The van der Waals surface area contributed by atoms with Crippen molar-refractivity contribution < 1.29 is 38.5 Å². The number of carbonyl (C=O) groups excluding carboxylic acids is 4. The lowest BCUT2D eigenvalue weighted by molar-refractivity contribution is -0.141. The summed E-state index contributed by atoms with van der Waals surface area (Å²) in [6, 6.07) is -5.31. The Morgan fingerprint density at radius 1 is 0.909 bits per heavy atom. The van der Waals surface area contributed by atoms with Crippen molar-refractivity contribution in [2.75, 3.05) is 12.8 Å². The Labute approximate surface area is 196 Å². The second-order valence-corrected chi connectivity index (χ2v) is 13.2. The van der Waals surface area contributed by atoms with Crippen LogP contribution >= 0.6 is 24.8 Å². The van der Waals surface area contributed by atoms with Crippen molar-refractivity contribution in [3.63, 3.8) is 0 Å². The highest BCUT2D eigenvalue weighted by molar-refractivity contribution is 7.70. The van der Waals surface area contributed by atoms with Crippen LogP contribution in [0.1, 0.15) is 34.1 Å². The molecule has 3 unspecified atom stereocenters. The van der Waals surface area contributed by atoms with Gasteiger partial charge in [0, 0.05) is 30.3 Å². The zero-order valence-electron chi connectivity index (χ0n) is 19.2. The second-order valence-electron chi connectivity index (χ2n) is 7.78. The summed E-state index contributed by atoms with van der Waals surface area (Å²) in [5.41, 5.74) is 10.4. The average molecular weight is 529 g/mol. The zero-order chi connectivity index (χ0) is 26.1. The molecule has 0 fully saturated rings. The van der Waals surface area contributed by atoms with Crippen LogP contribution in [0.4, 0.5) is 0 Å². The topological polar surface area (TPSA) is 222 Å². The van der Waals surface area contributed by atoms with Crippen molar-refractivity contribution in [2.45, 2.75) is 64.3 Å². The van der Waals surface area contributed by atoms with Crippen LogP contribution in [0.5, 0.6) is 0 Å². The molecule has 16 heteroatoms. The summed E-state index contributed by atoms with van der Waals surface area (Å²) in [6.45, 7) is 6.58. The molecule has 8 N–H and O–H groups in total. The van der Waals surface area contributed by atoms with Crippen LogP contribution in [-0.2, 0) is 28.5 Å². The normalized spacial score (nSPS) is 18.5. The van der Waals surface area contributed by atoms with Crippen molar-refractivity contribution in [3.8, 4) is 0 Å². The van der Waals surface area contributed by atoms with Gasteiger partial charge in [0.05, 0.1) is 18.1 Å². The number of hydrogen-bond donors (Lipinski definition) is 6. The molecule has 0 aliphatic carbocycles. The molecule has 0 rings (SSSR count). The maximum absolute atomic E-state index is 13.0. The first kappa shape index (κ1) is 31.7. The van der Waals surface area contributed by atoms with E-state index in [-0.39, 0.29) is 12.6 Å². The Balaban J connectivity index is 5.82. The zero-order valence-corrected chi connectivity index (χ0v) is 22.1. The molecule has 0 aromatic rings. The van der Waals surface area contributed by atoms with Crippen molar-refractivity contribution in [2.24, 2.45) is 11.5 Å². The van der Waals surface area contributed by atoms with E-state index in [4.69, 9.17) is 16.6 Å². The van der Waals surface area contributed by atoms with Gasteiger partial charge in [0.1, 0.15) is 12.1 Å². The van der Waals surface area contributed by atoms with Gasteiger partial charge in [0.2, 0.25) is 11.8 Å². The highest BCUT2D eigenvalue weighted by atomic mass is 31.2. The van der Waals surface area contributed by atoms with E-state index in [0.717, 1.165) is 6.66 Å². The average Bonchev–Trinajstić information content (AvgIpc) is 2.66. The van der Waals surface area contributed by atoms with Gasteiger partial charge in [-0.25, -0.2) is 4.44 Å². The van der Waals surface area contributed by atoms with Crippen LogP contribution < -0.4 is 22.1 Å². The molecular weight excluding hydrogens is 495 g/mol. The standard InChI is InChI=1S/C17H34N5O8P3/c1-8(18)16(27)31-22(32-17(28)9(2)19)12(6-7-33(5,29)30)14(24)20-10(3)13(23)21-11(4)15(25)26/h8-12,31-32H,6-7,18-19H2,1-5H3,(H,20,24)(H,21,23)(H,25,26)(H,29,30)/t8-,9-,10-,11-,12-/m0/s1. The number of carbonyl (C=O) groups is 5. The Morgan fingerprint density at radius 3 is 1.70 bits per heavy atom. The fourth-order valence-electron chi connectivity index (χ4n) is 2.14. The van der Waals surface area contributed by atoms with Gasteiger partial charge in [-0.2, -0.15) is 0 Å². The Hall–Kier alpha value is -1.32. The summed E-state index contributed by atoms with van der Waals surface area (Å²) in [6.07, 6.45) is -0.472. The van der Waals surface area contributed by atoms with Crippen LogP contribution in [0.3, 0.4) is 0 Å². The van der Waals surface area contributed by atoms with E-state index in [1.807, 2.05) is 0 Å². The van der Waals surface area contributed by atoms with Gasteiger partial charge in [-0.1, -0.05) is 0 Å². The lowest BCUT2D eigenvalue weighted by atomic mass is 10.2. The molecule has 0 aliphatic rings. The smallest absolute Gasteiger partial charge is 0.325 e. The van der Waals surface area contributed by atoms with Gasteiger partial charge in [0.25, 0.3) is 0 Å². The maximum atomic E-state index is 13.0. The minimum absolute atomic E-state index is 0.186. The number of nitrogens with zero attached hydrogens (tertiary/aromatic N) is 1. The Bertz CT molecular complexity index is 767. The fraction of sp³-hybridized carbons (Fsp3) is 0.706. The summed E-state index contributed by atoms with van der Waals surface area (Å²) in [4.78, 5) is 70.5. The molecule has 2 amide bonds. The predicted molar refractivity (Wildman–Crippen MR) is 128 cm³/mol. The number of hydrogen-bond acceptors (Lipinski definition) is 9. The molecule has 190 valence electrons. The molecule has 0 aromatic carbocycles. The van der Waals surface area contributed by atoms with E-state index in [1.54, 1.807) is 0 Å². The maximum Gasteiger partial charge on any atom is 0.325 e. The van der Waals surface area contributed by atoms with Crippen molar-refractivity contribution in [1.82, 2.24) is 15.1 Å². The van der Waals surface area contributed by atoms with Crippen molar-refractivity contribution in [3.05, 3.63) is 0 Å². The van der Waals surface area contributed by atoms with Crippen LogP contribution in [0, 0.1) is 0 Å². The third-order valence-corrected chi connectivity index (χ3v) is 8.42. The van der Waals surface area contributed by atoms with Gasteiger partial charge in [-0.15, -0.1) is 0 Å². The highest BCUT2D eigenvalue weighted by Gasteiger charge is 2.33. The van der Waals surface area contributed by atoms with E-state index < -0.39 is 83.9 Å². The molecule has 0 saturated carbocycles. The number of aliphatic carboxylic acids is 1. The monoisotopic (exact) mass is 529 g/mol.